The molecule has 1 aromatic carbocycles. The highest BCUT2D eigenvalue weighted by atomic mass is 16.5. The summed E-state index contributed by atoms with van der Waals surface area (Å²) < 4.78 is 5.39. The first-order chi connectivity index (χ1) is 10.2. The van der Waals surface area contributed by atoms with Gasteiger partial charge in [-0.3, -0.25) is 0 Å². The van der Waals surface area contributed by atoms with Gasteiger partial charge in [-0.15, -0.1) is 0 Å². The molecule has 2 atom stereocenters. The number of para-hydroxylation sites is 1. The van der Waals surface area contributed by atoms with Crippen LogP contribution < -0.4 is 10.6 Å². The zero-order valence-corrected chi connectivity index (χ0v) is 12.5. The first-order valence-electron chi connectivity index (χ1n) is 7.59. The molecule has 3 N–H and O–H groups in total. The maximum absolute atomic E-state index is 12.0. The van der Waals surface area contributed by atoms with Crippen LogP contribution in [0.4, 0.5) is 10.5 Å². The van der Waals surface area contributed by atoms with Gasteiger partial charge in [0.05, 0.1) is 12.7 Å². The predicted molar refractivity (Wildman–Crippen MR) is 82.1 cm³/mol. The number of carbonyl (C=O) groups is 1. The molecule has 21 heavy (non-hydrogen) atoms. The third-order valence-electron chi connectivity index (χ3n) is 3.87. The normalized spacial score (nSPS) is 21.2. The van der Waals surface area contributed by atoms with Crippen molar-refractivity contribution in [3.63, 3.8) is 0 Å². The molecule has 116 valence electrons. The molecular formula is C16H24N2O3. The van der Waals surface area contributed by atoms with Gasteiger partial charge < -0.3 is 20.5 Å². The van der Waals surface area contributed by atoms with Gasteiger partial charge in [-0.1, -0.05) is 24.6 Å². The van der Waals surface area contributed by atoms with Gasteiger partial charge in [0, 0.05) is 30.3 Å². The van der Waals surface area contributed by atoms with Crippen LogP contribution in [0.5, 0.6) is 0 Å². The highest BCUT2D eigenvalue weighted by Crippen LogP contribution is 2.24. The van der Waals surface area contributed by atoms with Crippen molar-refractivity contribution < 1.29 is 14.6 Å². The topological polar surface area (TPSA) is 70.6 Å². The van der Waals surface area contributed by atoms with Gasteiger partial charge >= 0.3 is 6.03 Å². The van der Waals surface area contributed by atoms with E-state index in [-0.39, 0.29) is 18.1 Å². The van der Waals surface area contributed by atoms with Crippen LogP contribution in [0, 0.1) is 5.92 Å². The highest BCUT2D eigenvalue weighted by molar-refractivity contribution is 5.90. The molecule has 1 aliphatic carbocycles. The summed E-state index contributed by atoms with van der Waals surface area (Å²) in [5.74, 6) is 0.175. The molecule has 0 unspecified atom stereocenters. The maximum Gasteiger partial charge on any atom is 0.319 e. The van der Waals surface area contributed by atoms with Crippen molar-refractivity contribution in [2.75, 3.05) is 18.5 Å². The molecule has 0 spiro atoms. The molecule has 1 saturated carbocycles. The number of aliphatic hydroxyl groups is 1. The second kappa shape index (κ2) is 8.00. The minimum absolute atomic E-state index is 0.175. The summed E-state index contributed by atoms with van der Waals surface area (Å²) in [6.07, 6.45) is 2.57. The standard InChI is InChI=1S/C16H24N2O3/c1-2-21-11-13-6-3-4-8-14(13)18-16(20)17-10-12-7-5-9-15(12)19/h3-4,6,8,12,15,19H,2,5,7,9-11H2,1H3,(H2,17,18,20)/t12-,15+/m1/s1. The minimum Gasteiger partial charge on any atom is -0.393 e. The highest BCUT2D eigenvalue weighted by Gasteiger charge is 2.25. The molecule has 1 aliphatic rings. The number of aliphatic hydroxyl groups excluding tert-OH is 1. The maximum atomic E-state index is 12.0. The van der Waals surface area contributed by atoms with Crippen molar-refractivity contribution in [2.45, 2.75) is 38.9 Å². The molecule has 0 heterocycles. The van der Waals surface area contributed by atoms with Crippen molar-refractivity contribution in [2.24, 2.45) is 5.92 Å². The van der Waals surface area contributed by atoms with Gasteiger partial charge in [-0.25, -0.2) is 4.79 Å². The minimum atomic E-state index is -0.282. The summed E-state index contributed by atoms with van der Waals surface area (Å²) in [4.78, 5) is 12.0. The van der Waals surface area contributed by atoms with Crippen molar-refractivity contribution >= 4 is 11.7 Å². The van der Waals surface area contributed by atoms with E-state index < -0.39 is 0 Å². The zero-order valence-electron chi connectivity index (χ0n) is 12.5. The van der Waals surface area contributed by atoms with Gasteiger partial charge in [0.15, 0.2) is 0 Å². The number of benzene rings is 1. The Hall–Kier alpha value is -1.59. The zero-order chi connectivity index (χ0) is 15.1. The summed E-state index contributed by atoms with van der Waals surface area (Å²) in [5, 5.41) is 15.4. The Morgan fingerprint density at radius 1 is 1.38 bits per heavy atom. The number of nitrogens with one attached hydrogen (secondary N) is 2. The number of hydrogen-bond acceptors (Lipinski definition) is 3. The van der Waals surface area contributed by atoms with Crippen LogP contribution in [-0.4, -0.2) is 30.4 Å². The molecule has 1 fully saturated rings. The Morgan fingerprint density at radius 3 is 2.90 bits per heavy atom. The average Bonchev–Trinajstić information content (AvgIpc) is 2.89. The van der Waals surface area contributed by atoms with Crippen molar-refractivity contribution in [1.29, 1.82) is 0 Å². The molecule has 0 aliphatic heterocycles. The number of rotatable bonds is 6. The smallest absolute Gasteiger partial charge is 0.319 e. The van der Waals surface area contributed by atoms with Crippen LogP contribution in [0.25, 0.3) is 0 Å². The summed E-state index contributed by atoms with van der Waals surface area (Å²) >= 11 is 0. The van der Waals surface area contributed by atoms with Crippen molar-refractivity contribution in [3.8, 4) is 0 Å². The summed E-state index contributed by atoms with van der Waals surface area (Å²) in [5.41, 5.74) is 1.71. The van der Waals surface area contributed by atoms with Crippen LogP contribution >= 0.6 is 0 Å². The second-order valence-corrected chi connectivity index (χ2v) is 5.39. The Bertz CT molecular complexity index is 465. The number of anilines is 1. The van der Waals surface area contributed by atoms with E-state index in [0.29, 0.717) is 19.8 Å². The first-order valence-corrected chi connectivity index (χ1v) is 7.59. The Balaban J connectivity index is 1.84. The molecular weight excluding hydrogens is 268 g/mol. The first kappa shape index (κ1) is 15.8. The number of carbonyl (C=O) groups excluding carboxylic acids is 1. The summed E-state index contributed by atoms with van der Waals surface area (Å²) in [7, 11) is 0. The molecule has 2 rings (SSSR count). The summed E-state index contributed by atoms with van der Waals surface area (Å²) in [6.45, 7) is 3.57. The van der Waals surface area contributed by atoms with Crippen molar-refractivity contribution in [1.82, 2.24) is 5.32 Å². The third kappa shape index (κ3) is 4.72. The number of urea groups is 1. The lowest BCUT2D eigenvalue weighted by molar-refractivity contribution is 0.133. The fourth-order valence-electron chi connectivity index (χ4n) is 2.63. The molecule has 0 bridgehead atoms. The van der Waals surface area contributed by atoms with E-state index in [2.05, 4.69) is 10.6 Å². The lowest BCUT2D eigenvalue weighted by Crippen LogP contribution is -2.35. The van der Waals surface area contributed by atoms with Crippen LogP contribution in [0.1, 0.15) is 31.7 Å². The van der Waals surface area contributed by atoms with Gasteiger partial charge in [0.1, 0.15) is 0 Å². The van der Waals surface area contributed by atoms with Gasteiger partial charge in [0.2, 0.25) is 0 Å². The van der Waals surface area contributed by atoms with E-state index in [1.807, 2.05) is 31.2 Å². The largest absolute Gasteiger partial charge is 0.393 e. The van der Waals surface area contributed by atoms with E-state index in [0.717, 1.165) is 30.5 Å². The van der Waals surface area contributed by atoms with E-state index in [1.54, 1.807) is 0 Å². The van der Waals surface area contributed by atoms with E-state index >= 15 is 0 Å². The van der Waals surface area contributed by atoms with E-state index in [1.165, 1.54) is 0 Å². The molecule has 2 amide bonds. The SMILES string of the molecule is CCOCc1ccccc1NC(=O)NC[C@H]1CCC[C@@H]1O. The van der Waals surface area contributed by atoms with Crippen LogP contribution in [0.15, 0.2) is 24.3 Å². The van der Waals surface area contributed by atoms with Crippen LogP contribution in [0.2, 0.25) is 0 Å². The molecule has 5 nitrogen and oxygen atoms in total. The number of amides is 2. The number of ether oxygens (including phenoxy) is 1. The fourth-order valence-corrected chi connectivity index (χ4v) is 2.63. The van der Waals surface area contributed by atoms with Gasteiger partial charge in [-0.05, 0) is 25.8 Å². The van der Waals surface area contributed by atoms with Gasteiger partial charge in [0.25, 0.3) is 0 Å². The monoisotopic (exact) mass is 292 g/mol. The number of hydrogen-bond donors (Lipinski definition) is 3. The quantitative estimate of drug-likeness (QED) is 0.754. The van der Waals surface area contributed by atoms with Crippen molar-refractivity contribution in [3.05, 3.63) is 29.8 Å². The molecule has 0 aromatic heterocycles. The molecule has 0 saturated heterocycles. The van der Waals surface area contributed by atoms with Crippen LogP contribution in [-0.2, 0) is 11.3 Å². The Labute approximate surface area is 125 Å². The van der Waals surface area contributed by atoms with Gasteiger partial charge in [-0.2, -0.15) is 0 Å². The average molecular weight is 292 g/mol. The lowest BCUT2D eigenvalue weighted by Gasteiger charge is -2.16. The fraction of sp³-hybridized carbons (Fsp3) is 0.562. The molecule has 0 radical (unpaired) electrons. The second-order valence-electron chi connectivity index (χ2n) is 5.39. The Kier molecular flexibility index (Phi) is 6.02. The predicted octanol–water partition coefficient (Wildman–Crippen LogP) is 2.51. The third-order valence-corrected chi connectivity index (χ3v) is 3.87. The lowest BCUT2D eigenvalue weighted by atomic mass is 10.1. The van der Waals surface area contributed by atoms with E-state index in [9.17, 15) is 9.90 Å². The molecule has 1 aromatic rings. The Morgan fingerprint density at radius 2 is 2.19 bits per heavy atom. The molecule has 5 heteroatoms. The van der Waals surface area contributed by atoms with Crippen LogP contribution in [0.3, 0.4) is 0 Å². The van der Waals surface area contributed by atoms with E-state index in [4.69, 9.17) is 4.74 Å². The summed E-state index contributed by atoms with van der Waals surface area (Å²) in [6, 6.07) is 7.36.